The lowest BCUT2D eigenvalue weighted by Gasteiger charge is -2.33. The molecule has 6 nitrogen and oxygen atoms in total. The molecule has 1 aromatic rings. The summed E-state index contributed by atoms with van der Waals surface area (Å²) in [6.07, 6.45) is 1.10. The van der Waals surface area contributed by atoms with Crippen molar-refractivity contribution in [2.45, 2.75) is 19.4 Å². The van der Waals surface area contributed by atoms with Gasteiger partial charge in [-0.05, 0) is 18.6 Å². The molecule has 1 aliphatic heterocycles. The number of nitrogens with one attached hydrogen (secondary N) is 1. The fraction of sp³-hybridized carbons (Fsp3) is 0.462. The number of anilines is 1. The highest BCUT2D eigenvalue weighted by Gasteiger charge is 2.34. The van der Waals surface area contributed by atoms with E-state index in [9.17, 15) is 13.2 Å². The zero-order valence-electron chi connectivity index (χ0n) is 11.5. The fourth-order valence-corrected chi connectivity index (χ4v) is 2.93. The van der Waals surface area contributed by atoms with Crippen LogP contribution in [0.15, 0.2) is 24.3 Å². The summed E-state index contributed by atoms with van der Waals surface area (Å²) in [6, 6.07) is 6.80. The van der Waals surface area contributed by atoms with E-state index in [1.807, 2.05) is 6.92 Å². The van der Waals surface area contributed by atoms with Gasteiger partial charge in [0.1, 0.15) is 5.75 Å². The Kier molecular flexibility index (Phi) is 4.17. The van der Waals surface area contributed by atoms with Crippen LogP contribution in [-0.4, -0.2) is 39.8 Å². The Morgan fingerprint density at radius 2 is 2.15 bits per heavy atom. The molecule has 0 aromatic heterocycles. The molecule has 0 saturated heterocycles. The third-order valence-electron chi connectivity index (χ3n) is 2.98. The predicted octanol–water partition coefficient (Wildman–Crippen LogP) is 0.740. The Morgan fingerprint density at radius 3 is 2.80 bits per heavy atom. The number of hydrogen-bond donors (Lipinski definition) is 1. The summed E-state index contributed by atoms with van der Waals surface area (Å²) >= 11 is 0. The molecule has 0 radical (unpaired) electrons. The second kappa shape index (κ2) is 5.70. The van der Waals surface area contributed by atoms with Crippen LogP contribution >= 0.6 is 0 Å². The summed E-state index contributed by atoms with van der Waals surface area (Å²) in [5.74, 6) is 0.107. The molecule has 110 valence electrons. The van der Waals surface area contributed by atoms with E-state index in [-0.39, 0.29) is 12.5 Å². The number of nitrogens with zero attached hydrogens (tertiary/aromatic N) is 1. The highest BCUT2D eigenvalue weighted by molar-refractivity contribution is 7.92. The number of carbonyl (C=O) groups excluding carboxylic acids is 1. The highest BCUT2D eigenvalue weighted by Crippen LogP contribution is 2.34. The van der Waals surface area contributed by atoms with Crippen molar-refractivity contribution in [1.82, 2.24) is 5.32 Å². The van der Waals surface area contributed by atoms with Crippen molar-refractivity contribution < 1.29 is 17.9 Å². The second-order valence-corrected chi connectivity index (χ2v) is 6.57. The molecule has 0 spiro atoms. The van der Waals surface area contributed by atoms with Crippen LogP contribution in [0.4, 0.5) is 5.69 Å². The van der Waals surface area contributed by atoms with Gasteiger partial charge >= 0.3 is 0 Å². The van der Waals surface area contributed by atoms with Crippen molar-refractivity contribution in [2.24, 2.45) is 0 Å². The number of carbonyl (C=O) groups is 1. The van der Waals surface area contributed by atoms with E-state index in [0.29, 0.717) is 18.0 Å². The average molecular weight is 298 g/mol. The topological polar surface area (TPSA) is 75.7 Å². The SMILES string of the molecule is CCCNC(=O)C1CN(S(C)(=O)=O)c2ccccc2O1. The monoisotopic (exact) mass is 298 g/mol. The van der Waals surface area contributed by atoms with Gasteiger partial charge in [0.2, 0.25) is 10.0 Å². The second-order valence-electron chi connectivity index (χ2n) is 4.66. The zero-order valence-corrected chi connectivity index (χ0v) is 12.3. The number of para-hydroxylation sites is 2. The molecule has 1 N–H and O–H groups in total. The minimum atomic E-state index is -3.45. The van der Waals surface area contributed by atoms with Gasteiger partial charge in [0.15, 0.2) is 6.10 Å². The standard InChI is InChI=1S/C13H18N2O4S/c1-3-8-14-13(16)12-9-15(20(2,17)18)10-6-4-5-7-11(10)19-12/h4-7,12H,3,8-9H2,1-2H3,(H,14,16). The van der Waals surface area contributed by atoms with Gasteiger partial charge in [-0.3, -0.25) is 9.10 Å². The highest BCUT2D eigenvalue weighted by atomic mass is 32.2. The van der Waals surface area contributed by atoms with Crippen LogP contribution in [0.3, 0.4) is 0 Å². The molecular formula is C13H18N2O4S. The molecule has 1 aromatic carbocycles. The number of hydrogen-bond acceptors (Lipinski definition) is 4. The first-order valence-electron chi connectivity index (χ1n) is 6.44. The number of rotatable bonds is 4. The van der Waals surface area contributed by atoms with Gasteiger partial charge in [-0.25, -0.2) is 8.42 Å². The van der Waals surface area contributed by atoms with Crippen LogP contribution in [0.2, 0.25) is 0 Å². The third kappa shape index (κ3) is 3.04. The molecule has 1 aliphatic rings. The Hall–Kier alpha value is -1.76. The zero-order chi connectivity index (χ0) is 14.8. The summed E-state index contributed by atoms with van der Waals surface area (Å²) in [5, 5.41) is 2.72. The lowest BCUT2D eigenvalue weighted by molar-refractivity contribution is -0.127. The van der Waals surface area contributed by atoms with E-state index in [0.717, 1.165) is 12.7 Å². The number of amides is 1. The molecular weight excluding hydrogens is 280 g/mol. The van der Waals surface area contributed by atoms with E-state index < -0.39 is 16.1 Å². The summed E-state index contributed by atoms with van der Waals surface area (Å²) < 4.78 is 30.5. The quantitative estimate of drug-likeness (QED) is 0.889. The molecule has 2 rings (SSSR count). The van der Waals surface area contributed by atoms with Crippen molar-refractivity contribution >= 4 is 21.6 Å². The Balaban J connectivity index is 2.29. The van der Waals surface area contributed by atoms with Crippen molar-refractivity contribution in [3.63, 3.8) is 0 Å². The number of sulfonamides is 1. The van der Waals surface area contributed by atoms with Gasteiger partial charge in [-0.15, -0.1) is 0 Å². The smallest absolute Gasteiger partial charge is 0.263 e. The van der Waals surface area contributed by atoms with Gasteiger partial charge in [0.25, 0.3) is 5.91 Å². The largest absolute Gasteiger partial charge is 0.476 e. The predicted molar refractivity (Wildman–Crippen MR) is 76.3 cm³/mol. The van der Waals surface area contributed by atoms with Crippen molar-refractivity contribution in [2.75, 3.05) is 23.7 Å². The molecule has 1 unspecified atom stereocenters. The minimum absolute atomic E-state index is 0.00854. The maximum absolute atomic E-state index is 12.0. The maximum Gasteiger partial charge on any atom is 0.263 e. The summed E-state index contributed by atoms with van der Waals surface area (Å²) in [6.45, 7) is 2.48. The van der Waals surface area contributed by atoms with Crippen LogP contribution in [0.1, 0.15) is 13.3 Å². The molecule has 20 heavy (non-hydrogen) atoms. The molecule has 1 heterocycles. The first-order chi connectivity index (χ1) is 9.43. The van der Waals surface area contributed by atoms with E-state index in [1.165, 1.54) is 4.31 Å². The third-order valence-corrected chi connectivity index (χ3v) is 4.12. The number of fused-ring (bicyclic) bond motifs is 1. The van der Waals surface area contributed by atoms with Crippen LogP contribution < -0.4 is 14.4 Å². The van der Waals surface area contributed by atoms with Gasteiger partial charge in [-0.2, -0.15) is 0 Å². The number of benzene rings is 1. The lowest BCUT2D eigenvalue weighted by Crippen LogP contribution is -2.50. The van der Waals surface area contributed by atoms with Crippen molar-refractivity contribution in [3.8, 4) is 5.75 Å². The van der Waals surface area contributed by atoms with Crippen LogP contribution in [0.25, 0.3) is 0 Å². The molecule has 1 amide bonds. The van der Waals surface area contributed by atoms with Gasteiger partial charge in [0, 0.05) is 6.54 Å². The molecule has 7 heteroatoms. The summed E-state index contributed by atoms with van der Waals surface area (Å²) in [7, 11) is -3.45. The van der Waals surface area contributed by atoms with Crippen molar-refractivity contribution in [1.29, 1.82) is 0 Å². The van der Waals surface area contributed by atoms with E-state index >= 15 is 0 Å². The number of ether oxygens (including phenoxy) is 1. The Bertz CT molecular complexity index is 600. The van der Waals surface area contributed by atoms with Gasteiger partial charge in [0.05, 0.1) is 18.5 Å². The summed E-state index contributed by atoms with van der Waals surface area (Å²) in [4.78, 5) is 12.0. The lowest BCUT2D eigenvalue weighted by atomic mass is 10.2. The molecule has 0 aliphatic carbocycles. The average Bonchev–Trinajstić information content (AvgIpc) is 2.42. The normalized spacial score (nSPS) is 18.1. The van der Waals surface area contributed by atoms with Crippen LogP contribution in [0, 0.1) is 0 Å². The first-order valence-corrected chi connectivity index (χ1v) is 8.29. The van der Waals surface area contributed by atoms with Gasteiger partial charge < -0.3 is 10.1 Å². The maximum atomic E-state index is 12.0. The van der Waals surface area contributed by atoms with Crippen LogP contribution in [0.5, 0.6) is 5.75 Å². The Morgan fingerprint density at radius 1 is 1.45 bits per heavy atom. The first kappa shape index (κ1) is 14.6. The molecule has 0 saturated carbocycles. The molecule has 1 atom stereocenters. The van der Waals surface area contributed by atoms with E-state index in [1.54, 1.807) is 24.3 Å². The summed E-state index contributed by atoms with van der Waals surface area (Å²) in [5.41, 5.74) is 0.467. The van der Waals surface area contributed by atoms with E-state index in [2.05, 4.69) is 5.32 Å². The van der Waals surface area contributed by atoms with Crippen LogP contribution in [-0.2, 0) is 14.8 Å². The van der Waals surface area contributed by atoms with E-state index in [4.69, 9.17) is 4.74 Å². The molecule has 0 bridgehead atoms. The minimum Gasteiger partial charge on any atom is -0.476 e. The van der Waals surface area contributed by atoms with Gasteiger partial charge in [-0.1, -0.05) is 19.1 Å². The Labute approximate surface area is 118 Å². The van der Waals surface area contributed by atoms with Crippen molar-refractivity contribution in [3.05, 3.63) is 24.3 Å². The fourth-order valence-electron chi connectivity index (χ4n) is 2.01. The molecule has 0 fully saturated rings.